The van der Waals surface area contributed by atoms with Crippen LogP contribution in [0.1, 0.15) is 46.5 Å². The predicted octanol–water partition coefficient (Wildman–Crippen LogP) is 2.26. The molecule has 1 aliphatic rings. The van der Waals surface area contributed by atoms with Gasteiger partial charge in [-0.25, -0.2) is 0 Å². The largest absolute Gasteiger partial charge is 0.385 e. The minimum atomic E-state index is 0.591. The molecule has 0 aromatic carbocycles. The van der Waals surface area contributed by atoms with Crippen LogP contribution in [0.3, 0.4) is 0 Å². The second kappa shape index (κ2) is 8.06. The van der Waals surface area contributed by atoms with E-state index < -0.39 is 0 Å². The van der Waals surface area contributed by atoms with E-state index in [0.29, 0.717) is 12.1 Å². The molecule has 0 saturated carbocycles. The topological polar surface area (TPSA) is 24.5 Å². The summed E-state index contributed by atoms with van der Waals surface area (Å²) in [7, 11) is 1.79. The minimum Gasteiger partial charge on any atom is -0.385 e. The summed E-state index contributed by atoms with van der Waals surface area (Å²) in [4.78, 5) is 2.68. The highest BCUT2D eigenvalue weighted by Gasteiger charge is 2.25. The van der Waals surface area contributed by atoms with Gasteiger partial charge in [0.25, 0.3) is 0 Å². The molecular weight excluding hydrogens is 212 g/mol. The quantitative estimate of drug-likeness (QED) is 0.741. The van der Waals surface area contributed by atoms with Crippen LogP contribution in [0, 0.1) is 0 Å². The fourth-order valence-electron chi connectivity index (χ4n) is 2.65. The molecule has 2 unspecified atom stereocenters. The van der Waals surface area contributed by atoms with E-state index in [0.717, 1.165) is 25.6 Å². The first-order valence-corrected chi connectivity index (χ1v) is 7.13. The third-order valence-electron chi connectivity index (χ3n) is 3.74. The van der Waals surface area contributed by atoms with Crippen LogP contribution in [0.4, 0.5) is 0 Å². The first-order valence-electron chi connectivity index (χ1n) is 7.13. The summed E-state index contributed by atoms with van der Waals surface area (Å²) in [5.74, 6) is 0. The third-order valence-corrected chi connectivity index (χ3v) is 3.74. The monoisotopic (exact) mass is 242 g/mol. The number of rotatable bonds is 7. The Bertz CT molecular complexity index is 197. The lowest BCUT2D eigenvalue weighted by Crippen LogP contribution is -2.50. The van der Waals surface area contributed by atoms with Crippen LogP contribution < -0.4 is 5.32 Å². The smallest absolute Gasteiger partial charge is 0.0477 e. The van der Waals surface area contributed by atoms with E-state index in [1.54, 1.807) is 7.11 Å². The number of hydrogen-bond donors (Lipinski definition) is 1. The molecule has 3 nitrogen and oxygen atoms in total. The highest BCUT2D eigenvalue weighted by Crippen LogP contribution is 2.20. The molecule has 3 heteroatoms. The van der Waals surface area contributed by atoms with Crippen LogP contribution in [0.5, 0.6) is 0 Å². The molecular formula is C14H30N2O. The number of nitrogens with one attached hydrogen (secondary N) is 1. The zero-order valence-corrected chi connectivity index (χ0v) is 12.0. The van der Waals surface area contributed by atoms with Crippen LogP contribution in [-0.4, -0.2) is 49.8 Å². The number of nitrogens with zero attached hydrogens (tertiary/aromatic N) is 1. The van der Waals surface area contributed by atoms with E-state index in [4.69, 9.17) is 4.74 Å². The lowest BCUT2D eigenvalue weighted by molar-refractivity contribution is 0.0766. The predicted molar refractivity (Wildman–Crippen MR) is 73.4 cm³/mol. The summed E-state index contributed by atoms with van der Waals surface area (Å²) in [5, 5.41) is 3.58. The van der Waals surface area contributed by atoms with E-state index in [1.807, 2.05) is 0 Å². The normalized spacial score (nSPS) is 24.2. The van der Waals surface area contributed by atoms with Gasteiger partial charge in [-0.15, -0.1) is 0 Å². The molecule has 0 aliphatic carbocycles. The van der Waals surface area contributed by atoms with Gasteiger partial charge < -0.3 is 10.1 Å². The maximum absolute atomic E-state index is 5.19. The van der Waals surface area contributed by atoms with Gasteiger partial charge in [0.1, 0.15) is 0 Å². The average molecular weight is 242 g/mol. The first kappa shape index (κ1) is 14.9. The molecule has 17 heavy (non-hydrogen) atoms. The summed E-state index contributed by atoms with van der Waals surface area (Å²) < 4.78 is 5.19. The molecule has 102 valence electrons. The molecule has 1 rings (SSSR count). The van der Waals surface area contributed by atoms with Gasteiger partial charge in [0, 0.05) is 38.4 Å². The van der Waals surface area contributed by atoms with E-state index in [-0.39, 0.29) is 0 Å². The van der Waals surface area contributed by atoms with Crippen LogP contribution in [0.25, 0.3) is 0 Å². The minimum absolute atomic E-state index is 0.591. The lowest BCUT2D eigenvalue weighted by Gasteiger charge is -2.40. The van der Waals surface area contributed by atoms with Crippen LogP contribution >= 0.6 is 0 Å². The van der Waals surface area contributed by atoms with Crippen molar-refractivity contribution in [1.29, 1.82) is 0 Å². The average Bonchev–Trinajstić information content (AvgIpc) is 2.33. The van der Waals surface area contributed by atoms with Crippen LogP contribution in [0.15, 0.2) is 0 Å². The maximum atomic E-state index is 5.19. The summed E-state index contributed by atoms with van der Waals surface area (Å²) in [6.45, 7) is 10.1. The Morgan fingerprint density at radius 1 is 1.29 bits per heavy atom. The number of methoxy groups -OCH3 is 1. The molecule has 1 fully saturated rings. The van der Waals surface area contributed by atoms with Crippen LogP contribution in [-0.2, 0) is 4.74 Å². The van der Waals surface area contributed by atoms with Crippen molar-refractivity contribution >= 4 is 0 Å². The van der Waals surface area contributed by atoms with E-state index in [9.17, 15) is 0 Å². The zero-order chi connectivity index (χ0) is 12.7. The highest BCUT2D eigenvalue weighted by atomic mass is 16.5. The number of hydrogen-bond acceptors (Lipinski definition) is 3. The zero-order valence-electron chi connectivity index (χ0n) is 12.0. The Morgan fingerprint density at radius 3 is 2.71 bits per heavy atom. The molecule has 0 spiro atoms. The fourth-order valence-corrected chi connectivity index (χ4v) is 2.65. The first-order chi connectivity index (χ1) is 8.15. The molecule has 1 saturated heterocycles. The van der Waals surface area contributed by atoms with Gasteiger partial charge in [-0.1, -0.05) is 20.3 Å². The Kier molecular flexibility index (Phi) is 7.09. The van der Waals surface area contributed by atoms with Crippen molar-refractivity contribution in [2.75, 3.05) is 26.8 Å². The molecule has 0 aromatic heterocycles. The second-order valence-corrected chi connectivity index (χ2v) is 5.58. The molecule has 0 aromatic rings. The Balaban J connectivity index is 2.41. The highest BCUT2D eigenvalue weighted by molar-refractivity contribution is 4.83. The Labute approximate surface area is 107 Å². The molecule has 0 bridgehead atoms. The molecule has 0 amide bonds. The van der Waals surface area contributed by atoms with Crippen molar-refractivity contribution in [3.63, 3.8) is 0 Å². The number of likely N-dealkylation sites (tertiary alicyclic amines) is 1. The Hall–Kier alpha value is -0.120. The molecule has 1 N–H and O–H groups in total. The Morgan fingerprint density at radius 2 is 2.06 bits per heavy atom. The van der Waals surface area contributed by atoms with Crippen molar-refractivity contribution in [2.24, 2.45) is 0 Å². The van der Waals surface area contributed by atoms with E-state index >= 15 is 0 Å². The van der Waals surface area contributed by atoms with E-state index in [1.165, 1.54) is 25.8 Å². The van der Waals surface area contributed by atoms with Gasteiger partial charge in [-0.3, -0.25) is 4.90 Å². The lowest BCUT2D eigenvalue weighted by atomic mass is 9.99. The second-order valence-electron chi connectivity index (χ2n) is 5.58. The SMILES string of the molecule is COCCC(C)N1CCCCC1CNC(C)C. The number of ether oxygens (including phenoxy) is 1. The van der Waals surface area contributed by atoms with E-state index in [2.05, 4.69) is 31.0 Å². The molecule has 1 heterocycles. The summed E-state index contributed by atoms with van der Waals surface area (Å²) in [5.41, 5.74) is 0. The van der Waals surface area contributed by atoms with Gasteiger partial charge in [0.15, 0.2) is 0 Å². The molecule has 1 aliphatic heterocycles. The van der Waals surface area contributed by atoms with Gasteiger partial charge in [-0.2, -0.15) is 0 Å². The van der Waals surface area contributed by atoms with Crippen molar-refractivity contribution < 1.29 is 4.74 Å². The maximum Gasteiger partial charge on any atom is 0.0477 e. The third kappa shape index (κ3) is 5.36. The fraction of sp³-hybridized carbons (Fsp3) is 1.00. The summed E-state index contributed by atoms with van der Waals surface area (Å²) in [6, 6.07) is 1.96. The van der Waals surface area contributed by atoms with Crippen molar-refractivity contribution in [1.82, 2.24) is 10.2 Å². The molecule has 2 atom stereocenters. The van der Waals surface area contributed by atoms with Gasteiger partial charge >= 0.3 is 0 Å². The van der Waals surface area contributed by atoms with Crippen molar-refractivity contribution in [3.05, 3.63) is 0 Å². The van der Waals surface area contributed by atoms with Gasteiger partial charge in [0.2, 0.25) is 0 Å². The van der Waals surface area contributed by atoms with Gasteiger partial charge in [-0.05, 0) is 32.7 Å². The van der Waals surface area contributed by atoms with Crippen molar-refractivity contribution in [3.8, 4) is 0 Å². The van der Waals surface area contributed by atoms with Gasteiger partial charge in [0.05, 0.1) is 0 Å². The standard InChI is InChI=1S/C14H30N2O/c1-12(2)15-11-14-7-5-6-9-16(14)13(3)8-10-17-4/h12-15H,5-11H2,1-4H3. The summed E-state index contributed by atoms with van der Waals surface area (Å²) >= 11 is 0. The summed E-state index contributed by atoms with van der Waals surface area (Å²) in [6.07, 6.45) is 5.24. The van der Waals surface area contributed by atoms with Crippen molar-refractivity contribution in [2.45, 2.75) is 64.6 Å². The molecule has 0 radical (unpaired) electrons. The number of piperidine rings is 1. The van der Waals surface area contributed by atoms with Crippen LogP contribution in [0.2, 0.25) is 0 Å².